The van der Waals surface area contributed by atoms with Crippen LogP contribution in [0.5, 0.6) is 0 Å². The van der Waals surface area contributed by atoms with Gasteiger partial charge in [-0.25, -0.2) is 4.98 Å². The number of hydrogen-bond acceptors (Lipinski definition) is 4. The molecule has 0 radical (unpaired) electrons. The molecule has 0 aliphatic carbocycles. The largest absolute Gasteiger partial charge is 0.467 e. The van der Waals surface area contributed by atoms with E-state index in [0.29, 0.717) is 0 Å². The smallest absolute Gasteiger partial charge is 0.138 e. The topological polar surface area (TPSA) is 55.9 Å². The number of likely N-dealkylation sites (N-methyl/N-ethyl adjacent to an activating group) is 1. The van der Waals surface area contributed by atoms with E-state index in [1.165, 1.54) is 0 Å². The zero-order valence-corrected chi connectivity index (χ0v) is 9.77. The van der Waals surface area contributed by atoms with E-state index < -0.39 is 0 Å². The molecule has 0 bridgehead atoms. The van der Waals surface area contributed by atoms with Gasteiger partial charge in [-0.15, -0.1) is 0 Å². The molecule has 0 amide bonds. The highest BCUT2D eigenvalue weighted by Crippen LogP contribution is 2.21. The molecule has 0 aliphatic rings. The Kier molecular flexibility index (Phi) is 3.05. The van der Waals surface area contributed by atoms with Crippen LogP contribution in [0.2, 0.25) is 0 Å². The van der Waals surface area contributed by atoms with E-state index in [-0.39, 0.29) is 6.04 Å². The van der Waals surface area contributed by atoms with Gasteiger partial charge < -0.3 is 9.73 Å². The fourth-order valence-electron chi connectivity index (χ4n) is 1.75. The van der Waals surface area contributed by atoms with Crippen molar-refractivity contribution in [3.05, 3.63) is 35.8 Å². The van der Waals surface area contributed by atoms with Crippen LogP contribution in [0.15, 0.2) is 23.1 Å². The van der Waals surface area contributed by atoms with Crippen LogP contribution in [0.3, 0.4) is 0 Å². The first-order chi connectivity index (χ1) is 7.72. The number of rotatable bonds is 4. The molecule has 2 heterocycles. The Balaban J connectivity index is 2.19. The molecular weight excluding hydrogens is 204 g/mol. The number of hydrogen-bond donors (Lipinski definition) is 1. The van der Waals surface area contributed by atoms with Gasteiger partial charge in [0.25, 0.3) is 0 Å². The molecular formula is C11H16N4O. The van der Waals surface area contributed by atoms with Gasteiger partial charge in [0, 0.05) is 13.5 Å². The summed E-state index contributed by atoms with van der Waals surface area (Å²) in [4.78, 5) is 4.21. The van der Waals surface area contributed by atoms with Crippen LogP contribution in [0.4, 0.5) is 0 Å². The van der Waals surface area contributed by atoms with Gasteiger partial charge >= 0.3 is 0 Å². The van der Waals surface area contributed by atoms with E-state index >= 15 is 0 Å². The SMILES string of the molecule is CNC(Cc1ncnn1C)c1occc1C. The van der Waals surface area contributed by atoms with E-state index in [4.69, 9.17) is 4.42 Å². The minimum Gasteiger partial charge on any atom is -0.467 e. The van der Waals surface area contributed by atoms with E-state index in [1.54, 1.807) is 17.3 Å². The predicted molar refractivity (Wildman–Crippen MR) is 60.0 cm³/mol. The van der Waals surface area contributed by atoms with Gasteiger partial charge in [-0.1, -0.05) is 0 Å². The molecule has 1 unspecified atom stereocenters. The maximum atomic E-state index is 5.49. The van der Waals surface area contributed by atoms with Crippen LogP contribution in [-0.4, -0.2) is 21.8 Å². The number of nitrogens with zero attached hydrogens (tertiary/aromatic N) is 3. The van der Waals surface area contributed by atoms with Gasteiger partial charge in [0.2, 0.25) is 0 Å². The summed E-state index contributed by atoms with van der Waals surface area (Å²) >= 11 is 0. The Morgan fingerprint density at radius 3 is 2.88 bits per heavy atom. The summed E-state index contributed by atoms with van der Waals surface area (Å²) in [6.07, 6.45) is 4.05. The summed E-state index contributed by atoms with van der Waals surface area (Å²) in [6, 6.07) is 2.11. The van der Waals surface area contributed by atoms with Crippen molar-refractivity contribution < 1.29 is 4.42 Å². The van der Waals surface area contributed by atoms with Crippen LogP contribution >= 0.6 is 0 Å². The van der Waals surface area contributed by atoms with Crippen molar-refractivity contribution in [2.24, 2.45) is 7.05 Å². The van der Waals surface area contributed by atoms with Gasteiger partial charge in [0.05, 0.1) is 12.3 Å². The van der Waals surface area contributed by atoms with Crippen LogP contribution in [-0.2, 0) is 13.5 Å². The zero-order valence-electron chi connectivity index (χ0n) is 9.77. The highest BCUT2D eigenvalue weighted by Gasteiger charge is 2.17. The Bertz CT molecular complexity index is 460. The van der Waals surface area contributed by atoms with Gasteiger partial charge in [0.15, 0.2) is 0 Å². The summed E-state index contributed by atoms with van der Waals surface area (Å²) in [5, 5.41) is 7.29. The fourth-order valence-corrected chi connectivity index (χ4v) is 1.75. The van der Waals surface area contributed by atoms with E-state index in [9.17, 15) is 0 Å². The first kappa shape index (κ1) is 10.9. The average molecular weight is 220 g/mol. The molecule has 0 saturated heterocycles. The molecule has 5 heteroatoms. The molecule has 0 aromatic carbocycles. The van der Waals surface area contributed by atoms with Crippen LogP contribution < -0.4 is 5.32 Å². The van der Waals surface area contributed by atoms with Crippen molar-refractivity contribution >= 4 is 0 Å². The van der Waals surface area contributed by atoms with Crippen molar-refractivity contribution in [2.75, 3.05) is 7.05 Å². The molecule has 1 N–H and O–H groups in total. The number of aryl methyl sites for hydroxylation is 2. The van der Waals surface area contributed by atoms with E-state index in [0.717, 1.165) is 23.6 Å². The standard InChI is InChI=1S/C11H16N4O/c1-8-4-5-16-11(8)9(12-2)6-10-13-7-14-15(10)3/h4-5,7,9,12H,6H2,1-3H3. The quantitative estimate of drug-likeness (QED) is 0.841. The Morgan fingerprint density at radius 2 is 2.38 bits per heavy atom. The summed E-state index contributed by atoms with van der Waals surface area (Å²) in [5.74, 6) is 1.90. The van der Waals surface area contributed by atoms with Gasteiger partial charge in [0.1, 0.15) is 17.9 Å². The maximum Gasteiger partial charge on any atom is 0.138 e. The number of nitrogens with one attached hydrogen (secondary N) is 1. The molecule has 2 aromatic heterocycles. The summed E-state index contributed by atoms with van der Waals surface area (Å²) in [5.41, 5.74) is 1.15. The molecule has 0 fully saturated rings. The normalized spacial score (nSPS) is 12.9. The van der Waals surface area contributed by atoms with Gasteiger partial charge in [-0.3, -0.25) is 4.68 Å². The molecule has 16 heavy (non-hydrogen) atoms. The van der Waals surface area contributed by atoms with E-state index in [1.807, 2.05) is 27.1 Å². The average Bonchev–Trinajstić information content (AvgIpc) is 2.85. The lowest BCUT2D eigenvalue weighted by Crippen LogP contribution is -2.20. The number of furan rings is 1. The summed E-state index contributed by atoms with van der Waals surface area (Å²) < 4.78 is 7.27. The monoisotopic (exact) mass is 220 g/mol. The molecule has 0 saturated carbocycles. The van der Waals surface area contributed by atoms with Crippen molar-refractivity contribution in [1.29, 1.82) is 0 Å². The second-order valence-electron chi connectivity index (χ2n) is 3.81. The Morgan fingerprint density at radius 1 is 1.56 bits per heavy atom. The molecule has 0 aliphatic heterocycles. The van der Waals surface area contributed by atoms with Gasteiger partial charge in [-0.2, -0.15) is 5.10 Å². The van der Waals surface area contributed by atoms with Gasteiger partial charge in [-0.05, 0) is 25.6 Å². The fraction of sp³-hybridized carbons (Fsp3) is 0.455. The van der Waals surface area contributed by atoms with Crippen molar-refractivity contribution in [3.63, 3.8) is 0 Å². The first-order valence-corrected chi connectivity index (χ1v) is 5.26. The molecule has 5 nitrogen and oxygen atoms in total. The van der Waals surface area contributed by atoms with Crippen LogP contribution in [0.25, 0.3) is 0 Å². The Hall–Kier alpha value is -1.62. The third-order valence-corrected chi connectivity index (χ3v) is 2.76. The van der Waals surface area contributed by atoms with Crippen molar-refractivity contribution in [3.8, 4) is 0 Å². The third kappa shape index (κ3) is 1.99. The first-order valence-electron chi connectivity index (χ1n) is 5.26. The lowest BCUT2D eigenvalue weighted by Gasteiger charge is -2.13. The molecule has 1 atom stereocenters. The molecule has 2 aromatic rings. The molecule has 0 spiro atoms. The van der Waals surface area contributed by atoms with Crippen molar-refractivity contribution in [2.45, 2.75) is 19.4 Å². The lowest BCUT2D eigenvalue weighted by molar-refractivity contribution is 0.418. The zero-order chi connectivity index (χ0) is 11.5. The second kappa shape index (κ2) is 4.49. The summed E-state index contributed by atoms with van der Waals surface area (Å²) in [7, 11) is 3.81. The van der Waals surface area contributed by atoms with Crippen LogP contribution in [0.1, 0.15) is 23.2 Å². The highest BCUT2D eigenvalue weighted by atomic mass is 16.3. The third-order valence-electron chi connectivity index (χ3n) is 2.76. The second-order valence-corrected chi connectivity index (χ2v) is 3.81. The maximum absolute atomic E-state index is 5.49. The Labute approximate surface area is 94.5 Å². The minimum atomic E-state index is 0.137. The molecule has 2 rings (SSSR count). The van der Waals surface area contributed by atoms with Crippen molar-refractivity contribution in [1.82, 2.24) is 20.1 Å². The lowest BCUT2D eigenvalue weighted by atomic mass is 10.1. The minimum absolute atomic E-state index is 0.137. The van der Waals surface area contributed by atoms with E-state index in [2.05, 4.69) is 15.4 Å². The predicted octanol–water partition coefficient (Wildman–Crippen LogP) is 1.22. The molecule has 86 valence electrons. The highest BCUT2D eigenvalue weighted by molar-refractivity contribution is 5.19. The van der Waals surface area contributed by atoms with Crippen LogP contribution in [0, 0.1) is 6.92 Å². The number of aromatic nitrogens is 3. The summed E-state index contributed by atoms with van der Waals surface area (Å²) in [6.45, 7) is 2.04.